The number of benzene rings is 1. The van der Waals surface area contributed by atoms with Gasteiger partial charge in [-0.1, -0.05) is 24.4 Å². The molecular formula is C28H39N7O5. The zero-order valence-corrected chi connectivity index (χ0v) is 23.1. The van der Waals surface area contributed by atoms with Gasteiger partial charge in [-0.05, 0) is 48.6 Å². The lowest BCUT2D eigenvalue weighted by Gasteiger charge is -2.36. The van der Waals surface area contributed by atoms with Crippen LogP contribution in [0.2, 0.25) is 0 Å². The van der Waals surface area contributed by atoms with Crippen LogP contribution in [0.15, 0.2) is 29.4 Å². The highest BCUT2D eigenvalue weighted by Crippen LogP contribution is 2.33. The van der Waals surface area contributed by atoms with Crippen molar-refractivity contribution in [2.75, 3.05) is 64.5 Å². The average molecular weight is 554 g/mol. The minimum atomic E-state index is -0.778. The molecule has 0 spiro atoms. The number of amides is 2. The molecule has 1 aromatic rings. The SMILES string of the molecule is COCCN1CCN(c2ccc(C(=O)N[C@H](C(=O)N3C[C@H](N=[N+]=[N-])[C@H]4OCC(=O)[C@H]43)C3CCCCC3)cc2)CC1. The fourth-order valence-corrected chi connectivity index (χ4v) is 6.55. The summed E-state index contributed by atoms with van der Waals surface area (Å²) in [6, 6.07) is 5.38. The smallest absolute Gasteiger partial charge is 0.251 e. The fraction of sp³-hybridized carbons (Fsp3) is 0.679. The molecule has 216 valence electrons. The van der Waals surface area contributed by atoms with Gasteiger partial charge in [0.15, 0.2) is 5.78 Å². The summed E-state index contributed by atoms with van der Waals surface area (Å²) in [5.74, 6) is -0.824. The number of carbonyl (C=O) groups is 3. The van der Waals surface area contributed by atoms with Crippen molar-refractivity contribution >= 4 is 23.3 Å². The quantitative estimate of drug-likeness (QED) is 0.280. The monoisotopic (exact) mass is 553 g/mol. The largest absolute Gasteiger partial charge is 0.383 e. The number of methoxy groups -OCH3 is 1. The number of nitrogens with one attached hydrogen (secondary N) is 1. The van der Waals surface area contributed by atoms with Crippen molar-refractivity contribution in [1.82, 2.24) is 15.1 Å². The van der Waals surface area contributed by atoms with E-state index in [1.807, 2.05) is 24.3 Å². The summed E-state index contributed by atoms with van der Waals surface area (Å²) >= 11 is 0. The van der Waals surface area contributed by atoms with E-state index in [2.05, 4.69) is 25.1 Å². The summed E-state index contributed by atoms with van der Waals surface area (Å²) in [4.78, 5) is 49.1. The van der Waals surface area contributed by atoms with Gasteiger partial charge in [0.25, 0.3) is 5.91 Å². The Bertz CT molecular complexity index is 1110. The third kappa shape index (κ3) is 6.10. The van der Waals surface area contributed by atoms with E-state index in [4.69, 9.17) is 15.0 Å². The second-order valence-electron chi connectivity index (χ2n) is 11.2. The van der Waals surface area contributed by atoms with E-state index in [0.29, 0.717) is 5.56 Å². The molecule has 0 unspecified atom stereocenters. The van der Waals surface area contributed by atoms with Crippen molar-refractivity contribution in [2.45, 2.75) is 56.3 Å². The van der Waals surface area contributed by atoms with Gasteiger partial charge in [-0.25, -0.2) is 0 Å². The van der Waals surface area contributed by atoms with E-state index < -0.39 is 24.2 Å². The first-order valence-electron chi connectivity index (χ1n) is 14.4. The molecule has 12 nitrogen and oxygen atoms in total. The molecule has 4 atom stereocenters. The maximum absolute atomic E-state index is 14.0. The van der Waals surface area contributed by atoms with E-state index in [9.17, 15) is 14.4 Å². The number of nitrogens with zero attached hydrogens (tertiary/aromatic N) is 6. The van der Waals surface area contributed by atoms with Crippen LogP contribution in [0.1, 0.15) is 42.5 Å². The summed E-state index contributed by atoms with van der Waals surface area (Å²) in [5, 5.41) is 6.82. The van der Waals surface area contributed by atoms with Crippen LogP contribution < -0.4 is 10.2 Å². The molecule has 0 radical (unpaired) electrons. The van der Waals surface area contributed by atoms with Crippen molar-refractivity contribution in [3.05, 3.63) is 40.3 Å². The van der Waals surface area contributed by atoms with Crippen LogP contribution in [0.5, 0.6) is 0 Å². The Kier molecular flexibility index (Phi) is 9.21. The van der Waals surface area contributed by atoms with Crippen molar-refractivity contribution in [1.29, 1.82) is 0 Å². The lowest BCUT2D eigenvalue weighted by molar-refractivity contribution is -0.139. The van der Waals surface area contributed by atoms with Gasteiger partial charge in [0.05, 0.1) is 18.8 Å². The Morgan fingerprint density at radius 2 is 1.88 bits per heavy atom. The maximum atomic E-state index is 14.0. The van der Waals surface area contributed by atoms with E-state index in [1.165, 1.54) is 4.90 Å². The van der Waals surface area contributed by atoms with E-state index in [-0.39, 0.29) is 36.7 Å². The fourth-order valence-electron chi connectivity index (χ4n) is 6.55. The van der Waals surface area contributed by atoms with Gasteiger partial charge < -0.3 is 24.6 Å². The molecule has 3 heterocycles. The number of azide groups is 1. The summed E-state index contributed by atoms with van der Waals surface area (Å²) in [5.41, 5.74) is 10.5. The molecule has 1 N–H and O–H groups in total. The summed E-state index contributed by atoms with van der Waals surface area (Å²) in [7, 11) is 1.72. The molecule has 12 heteroatoms. The highest BCUT2D eigenvalue weighted by Gasteiger charge is 2.53. The number of carbonyl (C=O) groups excluding carboxylic acids is 3. The Balaban J connectivity index is 1.27. The number of hydrogen-bond donors (Lipinski definition) is 1. The van der Waals surface area contributed by atoms with Gasteiger partial charge in [0.1, 0.15) is 18.7 Å². The topological polar surface area (TPSA) is 140 Å². The van der Waals surface area contributed by atoms with Crippen LogP contribution in [0.4, 0.5) is 5.69 Å². The summed E-state index contributed by atoms with van der Waals surface area (Å²) in [6.45, 7) is 5.40. The number of anilines is 1. The Morgan fingerprint density at radius 3 is 2.55 bits per heavy atom. The number of hydrogen-bond acceptors (Lipinski definition) is 8. The summed E-state index contributed by atoms with van der Waals surface area (Å²) < 4.78 is 10.8. The lowest BCUT2D eigenvalue weighted by Crippen LogP contribution is -2.55. The molecule has 3 saturated heterocycles. The maximum Gasteiger partial charge on any atom is 0.251 e. The molecular weight excluding hydrogens is 514 g/mol. The Labute approximate surface area is 234 Å². The molecule has 5 rings (SSSR count). The molecule has 4 fully saturated rings. The number of rotatable bonds is 9. The second kappa shape index (κ2) is 13.0. The predicted octanol–water partition coefficient (Wildman–Crippen LogP) is 1.99. The van der Waals surface area contributed by atoms with Crippen LogP contribution in [-0.4, -0.2) is 111 Å². The molecule has 40 heavy (non-hydrogen) atoms. The molecule has 0 bridgehead atoms. The normalized spacial score (nSPS) is 26.3. The van der Waals surface area contributed by atoms with Gasteiger partial charge in [-0.3, -0.25) is 19.3 Å². The average Bonchev–Trinajstić information content (AvgIpc) is 3.56. The minimum Gasteiger partial charge on any atom is -0.383 e. The zero-order valence-electron chi connectivity index (χ0n) is 23.1. The van der Waals surface area contributed by atoms with Crippen LogP contribution in [0.25, 0.3) is 10.4 Å². The van der Waals surface area contributed by atoms with Crippen LogP contribution in [0.3, 0.4) is 0 Å². The molecule has 1 aliphatic carbocycles. The van der Waals surface area contributed by atoms with Crippen molar-refractivity contribution < 1.29 is 23.9 Å². The molecule has 1 saturated carbocycles. The second-order valence-corrected chi connectivity index (χ2v) is 11.2. The van der Waals surface area contributed by atoms with Gasteiger partial charge in [0, 0.05) is 62.5 Å². The zero-order chi connectivity index (χ0) is 28.1. The van der Waals surface area contributed by atoms with Gasteiger partial charge in [-0.15, -0.1) is 0 Å². The van der Waals surface area contributed by atoms with Crippen LogP contribution >= 0.6 is 0 Å². The third-order valence-corrected chi connectivity index (χ3v) is 8.79. The number of piperazine rings is 1. The van der Waals surface area contributed by atoms with Crippen LogP contribution in [-0.2, 0) is 19.1 Å². The lowest BCUT2D eigenvalue weighted by atomic mass is 9.83. The molecule has 4 aliphatic rings. The van der Waals surface area contributed by atoms with Crippen LogP contribution in [0, 0.1) is 5.92 Å². The molecule has 0 aromatic heterocycles. The Morgan fingerprint density at radius 1 is 1.15 bits per heavy atom. The predicted molar refractivity (Wildman–Crippen MR) is 148 cm³/mol. The van der Waals surface area contributed by atoms with Crippen molar-refractivity contribution in [3.63, 3.8) is 0 Å². The highest BCUT2D eigenvalue weighted by molar-refractivity contribution is 5.99. The molecule has 2 amide bonds. The number of ketones is 1. The molecule has 1 aromatic carbocycles. The first kappa shape index (κ1) is 28.4. The van der Waals surface area contributed by atoms with E-state index in [1.54, 1.807) is 7.11 Å². The Hall–Kier alpha value is -3.18. The van der Waals surface area contributed by atoms with Crippen molar-refractivity contribution in [3.8, 4) is 0 Å². The summed E-state index contributed by atoms with van der Waals surface area (Å²) in [6.07, 6.45) is 4.12. The number of Topliss-reactive ketones (excluding diaryl/α,β-unsaturated/α-hetero) is 1. The third-order valence-electron chi connectivity index (χ3n) is 8.79. The first-order valence-corrected chi connectivity index (χ1v) is 14.4. The van der Waals surface area contributed by atoms with Gasteiger partial charge in [0.2, 0.25) is 5.91 Å². The minimum absolute atomic E-state index is 0.0201. The number of fused-ring (bicyclic) bond motifs is 1. The highest BCUT2D eigenvalue weighted by atomic mass is 16.5. The first-order chi connectivity index (χ1) is 19.5. The van der Waals surface area contributed by atoms with E-state index in [0.717, 1.165) is 77.1 Å². The molecule has 3 aliphatic heterocycles. The van der Waals surface area contributed by atoms with Gasteiger partial charge >= 0.3 is 0 Å². The number of likely N-dealkylation sites (tertiary alicyclic amines) is 1. The van der Waals surface area contributed by atoms with Gasteiger partial charge in [-0.2, -0.15) is 0 Å². The standard InChI is InChI=1S/C28H39N7O5/c1-39-16-15-33-11-13-34(14-12-33)21-9-7-20(8-10-21)27(37)30-24(19-5-3-2-4-6-19)28(38)35-17-22(31-32-29)26-25(35)23(36)18-40-26/h7-10,19,22,24-26H,2-6,11-18H2,1H3,(H,30,37)/t22-,24-,25+,26+/m0/s1. The van der Waals surface area contributed by atoms with E-state index >= 15 is 0 Å². The van der Waals surface area contributed by atoms with Crippen molar-refractivity contribution in [2.24, 2.45) is 11.0 Å². The number of ether oxygens (including phenoxy) is 2.